The summed E-state index contributed by atoms with van der Waals surface area (Å²) in [6, 6.07) is 14.4. The highest BCUT2D eigenvalue weighted by atomic mass is 32.2. The predicted molar refractivity (Wildman–Crippen MR) is 91.7 cm³/mol. The van der Waals surface area contributed by atoms with Gasteiger partial charge in [0.15, 0.2) is 0 Å². The van der Waals surface area contributed by atoms with Crippen molar-refractivity contribution < 1.29 is 19.5 Å². The highest BCUT2D eigenvalue weighted by molar-refractivity contribution is 8.18. The Morgan fingerprint density at radius 3 is 2.38 bits per heavy atom. The van der Waals surface area contributed by atoms with Crippen LogP contribution in [-0.2, 0) is 11.4 Å². The van der Waals surface area contributed by atoms with E-state index in [2.05, 4.69) is 10.8 Å². The summed E-state index contributed by atoms with van der Waals surface area (Å²) in [6.45, 7) is 0.402. The van der Waals surface area contributed by atoms with E-state index in [1.165, 1.54) is 0 Å². The average molecular weight is 342 g/mol. The monoisotopic (exact) mass is 342 g/mol. The van der Waals surface area contributed by atoms with Crippen molar-refractivity contribution in [3.05, 3.63) is 64.6 Å². The minimum absolute atomic E-state index is 0.353. The molecular weight excluding hydrogens is 328 g/mol. The molecular formula is C17H14N2O4S. The standard InChI is InChI=1S/C17H14N2O4S/c20-16-15(24-17(21)18-16)9-11-3-7-14(8-4-11)23-10-12-1-5-13(19-22)6-2-12/h1-9,19,22H,10H2,(H,18,20,21)/b15-9-. The lowest BCUT2D eigenvalue weighted by Gasteiger charge is -2.07. The summed E-state index contributed by atoms with van der Waals surface area (Å²) in [5, 5.41) is 10.6. The van der Waals surface area contributed by atoms with Crippen LogP contribution >= 0.6 is 11.8 Å². The maximum absolute atomic E-state index is 11.5. The Bertz CT molecular complexity index is 785. The van der Waals surface area contributed by atoms with Gasteiger partial charge in [-0.15, -0.1) is 0 Å². The third-order valence-electron chi connectivity index (χ3n) is 3.31. The van der Waals surface area contributed by atoms with E-state index >= 15 is 0 Å². The highest BCUT2D eigenvalue weighted by Gasteiger charge is 2.24. The van der Waals surface area contributed by atoms with E-state index in [9.17, 15) is 9.59 Å². The second-order valence-corrected chi connectivity index (χ2v) is 6.03. The molecule has 1 fully saturated rings. The predicted octanol–water partition coefficient (Wildman–Crippen LogP) is 3.39. The lowest BCUT2D eigenvalue weighted by molar-refractivity contribution is -0.115. The van der Waals surface area contributed by atoms with Gasteiger partial charge in [0.25, 0.3) is 11.1 Å². The van der Waals surface area contributed by atoms with Gasteiger partial charge >= 0.3 is 0 Å². The summed E-state index contributed by atoms with van der Waals surface area (Å²) in [5.74, 6) is 0.326. The van der Waals surface area contributed by atoms with Crippen molar-refractivity contribution in [1.82, 2.24) is 5.32 Å². The number of hydrogen-bond donors (Lipinski definition) is 3. The van der Waals surface area contributed by atoms with Crippen LogP contribution in [-0.4, -0.2) is 16.4 Å². The summed E-state index contributed by atoms with van der Waals surface area (Å²) in [4.78, 5) is 23.0. The molecule has 0 bridgehead atoms. The molecule has 0 radical (unpaired) electrons. The van der Waals surface area contributed by atoms with Gasteiger partial charge in [-0.05, 0) is 53.2 Å². The number of thioether (sulfide) groups is 1. The Labute approximate surface area is 142 Å². The fourth-order valence-electron chi connectivity index (χ4n) is 2.07. The fraction of sp³-hybridized carbons (Fsp3) is 0.0588. The molecule has 3 rings (SSSR count). The van der Waals surface area contributed by atoms with Crippen molar-refractivity contribution in [2.75, 3.05) is 5.48 Å². The van der Waals surface area contributed by atoms with Gasteiger partial charge in [0.2, 0.25) is 0 Å². The van der Waals surface area contributed by atoms with Crippen LogP contribution in [0.2, 0.25) is 0 Å². The highest BCUT2D eigenvalue weighted by Crippen LogP contribution is 2.26. The number of anilines is 1. The Balaban J connectivity index is 1.61. The van der Waals surface area contributed by atoms with Gasteiger partial charge in [0, 0.05) is 0 Å². The number of nitrogens with one attached hydrogen (secondary N) is 2. The van der Waals surface area contributed by atoms with Crippen LogP contribution in [0.25, 0.3) is 6.08 Å². The van der Waals surface area contributed by atoms with E-state index in [4.69, 9.17) is 9.94 Å². The van der Waals surface area contributed by atoms with Crippen molar-refractivity contribution in [3.8, 4) is 5.75 Å². The molecule has 24 heavy (non-hydrogen) atoms. The number of carbonyl (C=O) groups excluding carboxylic acids is 2. The molecule has 1 saturated heterocycles. The summed E-state index contributed by atoms with van der Waals surface area (Å²) in [5.41, 5.74) is 4.47. The molecule has 0 atom stereocenters. The first-order valence-electron chi connectivity index (χ1n) is 7.11. The van der Waals surface area contributed by atoms with E-state index in [-0.39, 0.29) is 11.1 Å². The maximum Gasteiger partial charge on any atom is 0.290 e. The van der Waals surface area contributed by atoms with Crippen LogP contribution in [0.4, 0.5) is 10.5 Å². The Morgan fingerprint density at radius 2 is 1.79 bits per heavy atom. The largest absolute Gasteiger partial charge is 0.489 e. The van der Waals surface area contributed by atoms with E-state index in [1.54, 1.807) is 30.3 Å². The van der Waals surface area contributed by atoms with Crippen LogP contribution in [0.1, 0.15) is 11.1 Å². The van der Waals surface area contributed by atoms with Gasteiger partial charge in [-0.1, -0.05) is 24.3 Å². The van der Waals surface area contributed by atoms with Crippen molar-refractivity contribution in [1.29, 1.82) is 0 Å². The van der Waals surface area contributed by atoms with Gasteiger partial charge < -0.3 is 4.74 Å². The van der Waals surface area contributed by atoms with Gasteiger partial charge in [-0.25, -0.2) is 0 Å². The van der Waals surface area contributed by atoms with Gasteiger partial charge in [-0.2, -0.15) is 0 Å². The van der Waals surface area contributed by atoms with Crippen LogP contribution in [0.15, 0.2) is 53.4 Å². The van der Waals surface area contributed by atoms with Crippen LogP contribution in [0.5, 0.6) is 5.75 Å². The zero-order valence-electron chi connectivity index (χ0n) is 12.5. The van der Waals surface area contributed by atoms with E-state index in [1.807, 2.05) is 24.3 Å². The smallest absolute Gasteiger partial charge is 0.290 e. The molecule has 0 saturated carbocycles. The molecule has 1 aliphatic rings. The number of hydrogen-bond acceptors (Lipinski definition) is 6. The van der Waals surface area contributed by atoms with E-state index < -0.39 is 0 Å². The zero-order valence-corrected chi connectivity index (χ0v) is 13.3. The van der Waals surface area contributed by atoms with Gasteiger partial charge in [0.05, 0.1) is 10.6 Å². The minimum atomic E-state index is -0.369. The Hall–Kier alpha value is -2.77. The molecule has 1 heterocycles. The number of rotatable bonds is 5. The summed E-state index contributed by atoms with van der Waals surface area (Å²) >= 11 is 0.891. The second-order valence-electron chi connectivity index (χ2n) is 5.02. The SMILES string of the molecule is O=C1NC(=O)/C(=C/c2ccc(OCc3ccc(NO)cc3)cc2)S1. The molecule has 0 aromatic heterocycles. The minimum Gasteiger partial charge on any atom is -0.489 e. The molecule has 2 aromatic carbocycles. The third kappa shape index (κ3) is 3.95. The lowest BCUT2D eigenvalue weighted by atomic mass is 10.2. The fourth-order valence-corrected chi connectivity index (χ4v) is 2.76. The average Bonchev–Trinajstić information content (AvgIpc) is 2.92. The molecule has 2 aromatic rings. The first kappa shape index (κ1) is 16.1. The Morgan fingerprint density at radius 1 is 1.08 bits per heavy atom. The normalized spacial score (nSPS) is 15.5. The first-order chi connectivity index (χ1) is 11.6. The third-order valence-corrected chi connectivity index (χ3v) is 4.12. The maximum atomic E-state index is 11.5. The molecule has 3 N–H and O–H groups in total. The van der Waals surface area contributed by atoms with E-state index in [0.717, 1.165) is 22.9 Å². The molecule has 2 amide bonds. The molecule has 0 aliphatic carbocycles. The van der Waals surface area contributed by atoms with Crippen LogP contribution in [0, 0.1) is 0 Å². The summed E-state index contributed by atoms with van der Waals surface area (Å²) in [7, 11) is 0. The van der Waals surface area contributed by atoms with Crippen molar-refractivity contribution in [2.45, 2.75) is 6.61 Å². The van der Waals surface area contributed by atoms with Crippen LogP contribution < -0.4 is 15.5 Å². The number of amides is 2. The molecule has 1 aliphatic heterocycles. The lowest BCUT2D eigenvalue weighted by Crippen LogP contribution is -2.17. The molecule has 122 valence electrons. The van der Waals surface area contributed by atoms with E-state index in [0.29, 0.717) is 22.9 Å². The number of ether oxygens (including phenoxy) is 1. The quantitative estimate of drug-likeness (QED) is 0.570. The summed E-state index contributed by atoms with van der Waals surface area (Å²) < 4.78 is 5.69. The summed E-state index contributed by atoms with van der Waals surface area (Å²) in [6.07, 6.45) is 1.66. The molecule has 0 unspecified atom stereocenters. The topological polar surface area (TPSA) is 87.7 Å². The zero-order chi connectivity index (χ0) is 16.9. The number of imide groups is 1. The van der Waals surface area contributed by atoms with Crippen molar-refractivity contribution in [3.63, 3.8) is 0 Å². The molecule has 0 spiro atoms. The second kappa shape index (κ2) is 7.20. The Kier molecular flexibility index (Phi) is 4.83. The van der Waals surface area contributed by atoms with Gasteiger partial charge in [0.1, 0.15) is 12.4 Å². The van der Waals surface area contributed by atoms with Crippen molar-refractivity contribution in [2.24, 2.45) is 0 Å². The number of carbonyl (C=O) groups is 2. The first-order valence-corrected chi connectivity index (χ1v) is 7.92. The number of benzene rings is 2. The van der Waals surface area contributed by atoms with Gasteiger partial charge in [-0.3, -0.25) is 25.6 Å². The molecule has 7 heteroatoms. The van der Waals surface area contributed by atoms with Crippen molar-refractivity contribution >= 4 is 34.7 Å². The van der Waals surface area contributed by atoms with Crippen LogP contribution in [0.3, 0.4) is 0 Å². The molecule has 6 nitrogen and oxygen atoms in total.